The van der Waals surface area contributed by atoms with E-state index in [9.17, 15) is 9.18 Å². The Hall–Kier alpha value is -1.27. The van der Waals surface area contributed by atoms with Crippen LogP contribution in [0.5, 0.6) is 5.75 Å². The van der Waals surface area contributed by atoms with Gasteiger partial charge in [-0.1, -0.05) is 0 Å². The van der Waals surface area contributed by atoms with Crippen LogP contribution in [0.25, 0.3) is 0 Å². The second kappa shape index (κ2) is 7.23. The number of thioether (sulfide) groups is 1. The van der Waals surface area contributed by atoms with Gasteiger partial charge in [-0.15, -0.1) is 0 Å². The number of carbonyl (C=O) groups is 1. The highest BCUT2D eigenvalue weighted by atomic mass is 32.2. The zero-order valence-corrected chi connectivity index (χ0v) is 11.2. The van der Waals surface area contributed by atoms with E-state index in [-0.39, 0.29) is 11.7 Å². The van der Waals surface area contributed by atoms with Crippen molar-refractivity contribution >= 4 is 23.4 Å². The van der Waals surface area contributed by atoms with Crippen molar-refractivity contribution in [2.24, 2.45) is 5.73 Å². The zero-order valence-electron chi connectivity index (χ0n) is 10.4. The molecule has 0 aromatic heterocycles. The highest BCUT2D eigenvalue weighted by molar-refractivity contribution is 7.98. The number of benzene rings is 1. The highest BCUT2D eigenvalue weighted by Crippen LogP contribution is 2.20. The quantitative estimate of drug-likeness (QED) is 0.829. The number of anilines is 1. The van der Waals surface area contributed by atoms with Crippen LogP contribution < -0.4 is 15.8 Å². The van der Waals surface area contributed by atoms with E-state index in [0.717, 1.165) is 5.75 Å². The van der Waals surface area contributed by atoms with Crippen molar-refractivity contribution in [2.75, 3.05) is 24.4 Å². The van der Waals surface area contributed by atoms with Gasteiger partial charge in [0.15, 0.2) is 11.6 Å². The first-order valence-corrected chi connectivity index (χ1v) is 6.86. The lowest BCUT2D eigenvalue weighted by molar-refractivity contribution is -0.117. The van der Waals surface area contributed by atoms with Crippen molar-refractivity contribution in [2.45, 2.75) is 12.5 Å². The topological polar surface area (TPSA) is 64.3 Å². The third-order valence-electron chi connectivity index (χ3n) is 2.39. The van der Waals surface area contributed by atoms with Crippen LogP contribution in [0.15, 0.2) is 18.2 Å². The van der Waals surface area contributed by atoms with E-state index in [1.165, 1.54) is 19.2 Å². The van der Waals surface area contributed by atoms with Crippen LogP contribution in [-0.4, -0.2) is 31.1 Å². The van der Waals surface area contributed by atoms with Gasteiger partial charge in [-0.05, 0) is 30.6 Å². The molecule has 0 spiro atoms. The Kier molecular flexibility index (Phi) is 5.94. The average molecular weight is 272 g/mol. The van der Waals surface area contributed by atoms with Crippen LogP contribution in [0, 0.1) is 5.82 Å². The summed E-state index contributed by atoms with van der Waals surface area (Å²) in [5, 5.41) is 2.57. The standard InChI is InChI=1S/C12H17FN2O2S/c1-17-11-4-3-8(7-9(11)13)15-12(16)10(14)5-6-18-2/h3-4,7,10H,5-6,14H2,1-2H3,(H,15,16)/t10-/m0/s1. The van der Waals surface area contributed by atoms with Gasteiger partial charge >= 0.3 is 0 Å². The van der Waals surface area contributed by atoms with Gasteiger partial charge in [0, 0.05) is 11.8 Å². The van der Waals surface area contributed by atoms with Gasteiger partial charge in [0.2, 0.25) is 5.91 Å². The van der Waals surface area contributed by atoms with Crippen LogP contribution in [-0.2, 0) is 4.79 Å². The largest absolute Gasteiger partial charge is 0.494 e. The average Bonchev–Trinajstić information content (AvgIpc) is 2.36. The molecule has 18 heavy (non-hydrogen) atoms. The molecule has 4 nitrogen and oxygen atoms in total. The zero-order chi connectivity index (χ0) is 13.5. The number of hydrogen-bond acceptors (Lipinski definition) is 4. The summed E-state index contributed by atoms with van der Waals surface area (Å²) in [6.07, 6.45) is 2.54. The van der Waals surface area contributed by atoms with Gasteiger partial charge in [0.25, 0.3) is 0 Å². The van der Waals surface area contributed by atoms with Gasteiger partial charge in [-0.25, -0.2) is 4.39 Å². The predicted molar refractivity (Wildman–Crippen MR) is 72.6 cm³/mol. The lowest BCUT2D eigenvalue weighted by atomic mass is 10.2. The van der Waals surface area contributed by atoms with Gasteiger partial charge in [-0.2, -0.15) is 11.8 Å². The molecule has 6 heteroatoms. The molecule has 0 aliphatic rings. The van der Waals surface area contributed by atoms with Gasteiger partial charge in [-0.3, -0.25) is 4.79 Å². The van der Waals surface area contributed by atoms with E-state index in [2.05, 4.69) is 5.32 Å². The molecule has 0 fully saturated rings. The SMILES string of the molecule is COc1ccc(NC(=O)[C@@H](N)CCSC)cc1F. The Morgan fingerprint density at radius 2 is 2.33 bits per heavy atom. The first-order valence-electron chi connectivity index (χ1n) is 5.47. The fourth-order valence-electron chi connectivity index (χ4n) is 1.36. The van der Waals surface area contributed by atoms with Crippen molar-refractivity contribution < 1.29 is 13.9 Å². The minimum atomic E-state index is -0.581. The number of methoxy groups -OCH3 is 1. The van der Waals surface area contributed by atoms with Crippen LogP contribution in [0.2, 0.25) is 0 Å². The number of amides is 1. The molecule has 1 aromatic carbocycles. The first-order chi connectivity index (χ1) is 8.58. The fourth-order valence-corrected chi connectivity index (χ4v) is 1.84. The second-order valence-electron chi connectivity index (χ2n) is 3.73. The van der Waals surface area contributed by atoms with Crippen molar-refractivity contribution in [1.29, 1.82) is 0 Å². The number of nitrogens with one attached hydrogen (secondary N) is 1. The van der Waals surface area contributed by atoms with Crippen LogP contribution in [0.3, 0.4) is 0 Å². The smallest absolute Gasteiger partial charge is 0.241 e. The Morgan fingerprint density at radius 3 is 2.89 bits per heavy atom. The molecule has 0 saturated carbocycles. The molecule has 0 bridgehead atoms. The van der Waals surface area contributed by atoms with Gasteiger partial charge in [0.1, 0.15) is 0 Å². The molecule has 3 N–H and O–H groups in total. The summed E-state index contributed by atoms with van der Waals surface area (Å²) in [6, 6.07) is 3.65. The second-order valence-corrected chi connectivity index (χ2v) is 4.71. The van der Waals surface area contributed by atoms with E-state index >= 15 is 0 Å². The number of nitrogens with two attached hydrogens (primary N) is 1. The minimum absolute atomic E-state index is 0.139. The van der Waals surface area contributed by atoms with Crippen molar-refractivity contribution in [3.05, 3.63) is 24.0 Å². The molecule has 1 amide bonds. The Balaban J connectivity index is 2.61. The summed E-state index contributed by atoms with van der Waals surface area (Å²) in [6.45, 7) is 0. The van der Waals surface area contributed by atoms with E-state index in [1.807, 2.05) is 6.26 Å². The Labute approximate surface area is 110 Å². The highest BCUT2D eigenvalue weighted by Gasteiger charge is 2.13. The number of carbonyl (C=O) groups excluding carboxylic acids is 1. The van der Waals surface area contributed by atoms with E-state index in [0.29, 0.717) is 12.1 Å². The lowest BCUT2D eigenvalue weighted by Gasteiger charge is -2.12. The molecule has 1 rings (SSSR count). The predicted octanol–water partition coefficient (Wildman–Crippen LogP) is 1.85. The number of ether oxygens (including phenoxy) is 1. The number of rotatable bonds is 6. The maximum Gasteiger partial charge on any atom is 0.241 e. The molecule has 0 radical (unpaired) electrons. The molecular weight excluding hydrogens is 255 g/mol. The molecule has 0 saturated heterocycles. The van der Waals surface area contributed by atoms with Crippen molar-refractivity contribution in [3.8, 4) is 5.75 Å². The summed E-state index contributed by atoms with van der Waals surface area (Å²) in [5.41, 5.74) is 6.07. The van der Waals surface area contributed by atoms with Crippen LogP contribution in [0.4, 0.5) is 10.1 Å². The molecule has 1 atom stereocenters. The molecule has 0 aliphatic carbocycles. The normalized spacial score (nSPS) is 12.0. The summed E-state index contributed by atoms with van der Waals surface area (Å²) < 4.78 is 18.2. The monoisotopic (exact) mass is 272 g/mol. The van der Waals surface area contributed by atoms with Crippen LogP contribution in [0.1, 0.15) is 6.42 Å². The number of halogens is 1. The summed E-state index contributed by atoms with van der Waals surface area (Å²) in [4.78, 5) is 11.7. The number of hydrogen-bond donors (Lipinski definition) is 2. The van der Waals surface area contributed by atoms with Crippen LogP contribution >= 0.6 is 11.8 Å². The van der Waals surface area contributed by atoms with E-state index < -0.39 is 11.9 Å². The third kappa shape index (κ3) is 4.19. The Morgan fingerprint density at radius 1 is 1.61 bits per heavy atom. The molecular formula is C12H17FN2O2S. The summed E-state index contributed by atoms with van der Waals surface area (Å²) in [5.74, 6) is 0.118. The van der Waals surface area contributed by atoms with Crippen molar-refractivity contribution in [3.63, 3.8) is 0 Å². The minimum Gasteiger partial charge on any atom is -0.494 e. The van der Waals surface area contributed by atoms with Gasteiger partial charge in [0.05, 0.1) is 13.2 Å². The summed E-state index contributed by atoms with van der Waals surface area (Å²) in [7, 11) is 1.38. The first kappa shape index (κ1) is 14.8. The van der Waals surface area contributed by atoms with E-state index in [1.54, 1.807) is 17.8 Å². The molecule has 0 heterocycles. The molecule has 100 valence electrons. The molecule has 1 aromatic rings. The lowest BCUT2D eigenvalue weighted by Crippen LogP contribution is -2.36. The third-order valence-corrected chi connectivity index (χ3v) is 3.03. The fraction of sp³-hybridized carbons (Fsp3) is 0.417. The van der Waals surface area contributed by atoms with Crippen molar-refractivity contribution in [1.82, 2.24) is 0 Å². The van der Waals surface area contributed by atoms with Gasteiger partial charge < -0.3 is 15.8 Å². The van der Waals surface area contributed by atoms with E-state index in [4.69, 9.17) is 10.5 Å². The summed E-state index contributed by atoms with van der Waals surface area (Å²) >= 11 is 1.62. The molecule has 0 aliphatic heterocycles. The maximum absolute atomic E-state index is 13.4. The Bertz CT molecular complexity index is 415. The maximum atomic E-state index is 13.4. The molecule has 0 unspecified atom stereocenters.